The van der Waals surface area contributed by atoms with Crippen molar-refractivity contribution in [1.29, 1.82) is 0 Å². The van der Waals surface area contributed by atoms with Crippen LogP contribution in [0.2, 0.25) is 0 Å². The third-order valence-electron chi connectivity index (χ3n) is 1.78. The van der Waals surface area contributed by atoms with E-state index in [-0.39, 0.29) is 10.9 Å². The van der Waals surface area contributed by atoms with Crippen molar-refractivity contribution in [3.63, 3.8) is 0 Å². The van der Waals surface area contributed by atoms with Crippen LogP contribution in [0.25, 0.3) is 0 Å². The molecule has 0 aliphatic rings. The van der Waals surface area contributed by atoms with Gasteiger partial charge in [0.25, 0.3) is 0 Å². The average Bonchev–Trinajstić information content (AvgIpc) is 2.25. The van der Waals surface area contributed by atoms with Gasteiger partial charge in [-0.3, -0.25) is 0 Å². The van der Waals surface area contributed by atoms with Gasteiger partial charge in [0, 0.05) is 0 Å². The molecule has 5 nitrogen and oxygen atoms in total. The number of anilines is 1. The Morgan fingerprint density at radius 2 is 1.70 bits per heavy atom. The van der Waals surface area contributed by atoms with Gasteiger partial charge >= 0.3 is 12.5 Å². The van der Waals surface area contributed by atoms with Gasteiger partial charge in [-0.2, -0.15) is 4.84 Å². The summed E-state index contributed by atoms with van der Waals surface area (Å²) >= 11 is 0. The van der Waals surface area contributed by atoms with Crippen LogP contribution in [0.3, 0.4) is 0 Å². The van der Waals surface area contributed by atoms with Crippen LogP contribution >= 0.6 is 0 Å². The highest BCUT2D eigenvalue weighted by molar-refractivity contribution is 5.69. The molecule has 112 valence electrons. The zero-order valence-corrected chi connectivity index (χ0v) is 11.2. The third kappa shape index (κ3) is 6.28. The molecular formula is C12H15F3N2O3. The van der Waals surface area contributed by atoms with Gasteiger partial charge < -0.3 is 4.74 Å². The molecule has 20 heavy (non-hydrogen) atoms. The second-order valence-corrected chi connectivity index (χ2v) is 4.78. The molecule has 0 aliphatic carbocycles. The fourth-order valence-corrected chi connectivity index (χ4v) is 1.19. The summed E-state index contributed by atoms with van der Waals surface area (Å²) in [4.78, 5) is 15.2. The van der Waals surface area contributed by atoms with Gasteiger partial charge in [-0.05, 0) is 32.9 Å². The van der Waals surface area contributed by atoms with Crippen LogP contribution in [0.4, 0.5) is 23.7 Å². The number of halogens is 3. The Labute approximate surface area is 114 Å². The lowest BCUT2D eigenvalue weighted by molar-refractivity contribution is -0.333. The Hall–Kier alpha value is -1.96. The van der Waals surface area contributed by atoms with Crippen molar-refractivity contribution >= 4 is 11.8 Å². The van der Waals surface area contributed by atoms with E-state index in [9.17, 15) is 18.0 Å². The second kappa shape index (κ2) is 6.00. The zero-order valence-electron chi connectivity index (χ0n) is 11.2. The monoisotopic (exact) mass is 292 g/mol. The maximum Gasteiger partial charge on any atom is 0.545 e. The number of carbonyl (C=O) groups is 1. The Bertz CT molecular complexity index is 444. The quantitative estimate of drug-likeness (QED) is 0.868. The van der Waals surface area contributed by atoms with Gasteiger partial charge in [0.05, 0.1) is 5.69 Å². The van der Waals surface area contributed by atoms with Crippen molar-refractivity contribution in [2.45, 2.75) is 32.7 Å². The topological polar surface area (TPSA) is 50.8 Å². The van der Waals surface area contributed by atoms with Gasteiger partial charge in [-0.1, -0.05) is 18.2 Å². The van der Waals surface area contributed by atoms with Crippen molar-refractivity contribution in [2.75, 3.05) is 5.17 Å². The molecule has 0 radical (unpaired) electrons. The molecule has 0 saturated heterocycles. The van der Waals surface area contributed by atoms with E-state index in [4.69, 9.17) is 4.74 Å². The first-order chi connectivity index (χ1) is 9.07. The van der Waals surface area contributed by atoms with E-state index in [1.807, 2.05) is 5.43 Å². The molecule has 0 atom stereocenters. The largest absolute Gasteiger partial charge is 0.545 e. The number of para-hydroxylation sites is 1. The first-order valence-electron chi connectivity index (χ1n) is 5.67. The highest BCUT2D eigenvalue weighted by Crippen LogP contribution is 2.22. The summed E-state index contributed by atoms with van der Waals surface area (Å²) in [6, 6.07) is 7.28. The number of nitrogens with one attached hydrogen (secondary N) is 1. The summed E-state index contributed by atoms with van der Waals surface area (Å²) in [5.74, 6) is 0. The van der Waals surface area contributed by atoms with Gasteiger partial charge in [0.2, 0.25) is 0 Å². The number of hydrazine groups is 1. The number of hydrogen-bond acceptors (Lipinski definition) is 4. The smallest absolute Gasteiger partial charge is 0.443 e. The van der Waals surface area contributed by atoms with Gasteiger partial charge in [-0.15, -0.1) is 18.3 Å². The minimum Gasteiger partial charge on any atom is -0.443 e. The predicted octanol–water partition coefficient (Wildman–Crippen LogP) is 3.38. The van der Waals surface area contributed by atoms with Gasteiger partial charge in [0.15, 0.2) is 0 Å². The molecule has 8 heteroatoms. The summed E-state index contributed by atoms with van der Waals surface area (Å²) in [6.07, 6.45) is -6.02. The molecule has 1 rings (SSSR count). The van der Waals surface area contributed by atoms with Crippen molar-refractivity contribution in [2.24, 2.45) is 0 Å². The van der Waals surface area contributed by atoms with E-state index < -0.39 is 18.1 Å². The number of ether oxygens (including phenoxy) is 1. The van der Waals surface area contributed by atoms with E-state index >= 15 is 0 Å². The summed E-state index contributed by atoms with van der Waals surface area (Å²) in [5, 5.41) is 0.202. The Balaban J connectivity index is 2.82. The van der Waals surface area contributed by atoms with Crippen molar-refractivity contribution in [1.82, 2.24) is 5.43 Å². The molecule has 0 spiro atoms. The minimum absolute atomic E-state index is 0.00400. The minimum atomic E-state index is -4.95. The maximum absolute atomic E-state index is 12.3. The fourth-order valence-electron chi connectivity index (χ4n) is 1.19. The zero-order chi connectivity index (χ0) is 15.4. The van der Waals surface area contributed by atoms with Crippen LogP contribution in [0, 0.1) is 0 Å². The normalized spacial score (nSPS) is 11.9. The molecule has 0 bridgehead atoms. The highest BCUT2D eigenvalue weighted by atomic mass is 19.4. The van der Waals surface area contributed by atoms with E-state index in [0.29, 0.717) is 0 Å². The molecule has 1 aromatic rings. The van der Waals surface area contributed by atoms with Crippen LogP contribution in [0.1, 0.15) is 20.8 Å². The molecule has 0 saturated carbocycles. The van der Waals surface area contributed by atoms with Crippen LogP contribution in [-0.2, 0) is 9.57 Å². The predicted molar refractivity (Wildman–Crippen MR) is 65.4 cm³/mol. The van der Waals surface area contributed by atoms with Gasteiger partial charge in [0.1, 0.15) is 5.60 Å². The molecule has 0 fully saturated rings. The SMILES string of the molecule is CC(C)(C)OC(=O)NN(OC(F)(F)F)c1ccccc1. The Kier molecular flexibility index (Phi) is 4.83. The highest BCUT2D eigenvalue weighted by Gasteiger charge is 2.35. The summed E-state index contributed by atoms with van der Waals surface area (Å²) < 4.78 is 41.8. The molecule has 1 N–H and O–H groups in total. The average molecular weight is 292 g/mol. The molecule has 0 aromatic heterocycles. The lowest BCUT2D eigenvalue weighted by atomic mass is 10.2. The second-order valence-electron chi connectivity index (χ2n) is 4.78. The van der Waals surface area contributed by atoms with Crippen molar-refractivity contribution in [3.8, 4) is 0 Å². The first kappa shape index (κ1) is 16.1. The van der Waals surface area contributed by atoms with Crippen molar-refractivity contribution in [3.05, 3.63) is 30.3 Å². The van der Waals surface area contributed by atoms with Gasteiger partial charge in [-0.25, -0.2) is 10.2 Å². The number of carbonyl (C=O) groups excluding carboxylic acids is 1. The number of hydrogen-bond donors (Lipinski definition) is 1. The van der Waals surface area contributed by atoms with E-state index in [2.05, 4.69) is 4.84 Å². The number of alkyl halides is 3. The van der Waals surface area contributed by atoms with Crippen LogP contribution in [-0.4, -0.2) is 18.1 Å². The molecule has 1 amide bonds. The molecule has 0 unspecified atom stereocenters. The van der Waals surface area contributed by atoms with Crippen LogP contribution < -0.4 is 10.6 Å². The fraction of sp³-hybridized carbons (Fsp3) is 0.417. The number of amides is 1. The lowest BCUT2D eigenvalue weighted by Crippen LogP contribution is -2.47. The summed E-state index contributed by atoms with van der Waals surface area (Å²) in [7, 11) is 0. The van der Waals surface area contributed by atoms with Crippen LogP contribution in [0.5, 0.6) is 0 Å². The van der Waals surface area contributed by atoms with E-state index in [1.165, 1.54) is 24.3 Å². The number of nitrogens with zero attached hydrogens (tertiary/aromatic N) is 1. The van der Waals surface area contributed by atoms with E-state index in [1.54, 1.807) is 26.8 Å². The standard InChI is InChI=1S/C12H15F3N2O3/c1-11(2,3)19-10(18)16-17(20-12(13,14)15)9-7-5-4-6-8-9/h4-8H,1-3H3,(H,16,18). The van der Waals surface area contributed by atoms with E-state index in [0.717, 1.165) is 0 Å². The van der Waals surface area contributed by atoms with Crippen molar-refractivity contribution < 1.29 is 27.5 Å². The molecule has 1 aromatic carbocycles. The Morgan fingerprint density at radius 3 is 2.15 bits per heavy atom. The third-order valence-corrected chi connectivity index (χ3v) is 1.78. The number of benzene rings is 1. The summed E-state index contributed by atoms with van der Waals surface area (Å²) in [5.41, 5.74) is 1.03. The molecular weight excluding hydrogens is 277 g/mol. The molecule has 0 heterocycles. The maximum atomic E-state index is 12.3. The molecule has 0 aliphatic heterocycles. The van der Waals surface area contributed by atoms with Crippen LogP contribution in [0.15, 0.2) is 30.3 Å². The Morgan fingerprint density at radius 1 is 1.15 bits per heavy atom. The lowest BCUT2D eigenvalue weighted by Gasteiger charge is -2.26. The summed E-state index contributed by atoms with van der Waals surface area (Å²) in [6.45, 7) is 4.76. The number of rotatable bonds is 3. The first-order valence-corrected chi connectivity index (χ1v) is 5.67.